The maximum absolute atomic E-state index is 11.4. The highest BCUT2D eigenvalue weighted by molar-refractivity contribution is 5.85. The third-order valence-corrected chi connectivity index (χ3v) is 1.98. The second kappa shape index (κ2) is 4.61. The number of likely N-dealkylation sites (tertiary alicyclic amines) is 1. The molecule has 0 unspecified atom stereocenters. The second-order valence-electron chi connectivity index (χ2n) is 4.66. The topological polar surface area (TPSA) is 58.6 Å². The third kappa shape index (κ3) is 4.29. The Kier molecular flexibility index (Phi) is 3.68. The highest BCUT2D eigenvalue weighted by Crippen LogP contribution is 2.09. The maximum atomic E-state index is 11.4. The van der Waals surface area contributed by atoms with Crippen molar-refractivity contribution in [2.75, 3.05) is 13.1 Å². The Labute approximate surface area is 89.7 Å². The van der Waals surface area contributed by atoms with Crippen LogP contribution in [0.3, 0.4) is 0 Å². The fourth-order valence-electron chi connectivity index (χ4n) is 1.29. The summed E-state index contributed by atoms with van der Waals surface area (Å²) in [4.78, 5) is 29.2. The molecule has 0 aromatic carbocycles. The lowest BCUT2D eigenvalue weighted by molar-refractivity contribution is -0.148. The van der Waals surface area contributed by atoms with Crippen molar-refractivity contribution < 1.29 is 14.4 Å². The molecular formula is C10H18N2O3. The van der Waals surface area contributed by atoms with Gasteiger partial charge in [-0.2, -0.15) is 0 Å². The molecule has 1 aliphatic rings. The summed E-state index contributed by atoms with van der Waals surface area (Å²) in [6.45, 7) is 6.29. The molecule has 0 radical (unpaired) electrons. The number of nitrogens with one attached hydrogen (secondary N) is 1. The first kappa shape index (κ1) is 12.0. The molecule has 5 nitrogen and oxygen atoms in total. The van der Waals surface area contributed by atoms with Crippen LogP contribution >= 0.6 is 0 Å². The van der Waals surface area contributed by atoms with Crippen LogP contribution in [-0.4, -0.2) is 35.4 Å². The zero-order chi connectivity index (χ0) is 11.5. The van der Waals surface area contributed by atoms with Crippen molar-refractivity contribution in [1.29, 1.82) is 0 Å². The molecule has 0 atom stereocenters. The quantitative estimate of drug-likeness (QED) is 0.694. The lowest BCUT2D eigenvalue weighted by Gasteiger charge is -2.20. The molecule has 0 saturated carbocycles. The lowest BCUT2D eigenvalue weighted by atomic mass is 10.2. The molecule has 1 N–H and O–H groups in total. The monoisotopic (exact) mass is 214 g/mol. The van der Waals surface area contributed by atoms with Crippen molar-refractivity contribution in [3.63, 3.8) is 0 Å². The molecule has 0 aromatic rings. The highest BCUT2D eigenvalue weighted by Gasteiger charge is 2.23. The van der Waals surface area contributed by atoms with E-state index in [4.69, 9.17) is 4.84 Å². The van der Waals surface area contributed by atoms with Gasteiger partial charge in [0.05, 0.1) is 5.60 Å². The van der Waals surface area contributed by atoms with E-state index in [1.165, 1.54) is 0 Å². The van der Waals surface area contributed by atoms with Crippen LogP contribution in [0.4, 0.5) is 0 Å². The van der Waals surface area contributed by atoms with Crippen molar-refractivity contribution in [1.82, 2.24) is 10.4 Å². The van der Waals surface area contributed by atoms with Crippen molar-refractivity contribution in [2.45, 2.75) is 39.2 Å². The Bertz CT molecular complexity index is 258. The second-order valence-corrected chi connectivity index (χ2v) is 4.66. The molecule has 2 amide bonds. The number of hydrogen-bond acceptors (Lipinski definition) is 3. The van der Waals surface area contributed by atoms with E-state index >= 15 is 0 Å². The fourth-order valence-corrected chi connectivity index (χ4v) is 1.29. The Morgan fingerprint density at radius 2 is 2.20 bits per heavy atom. The number of nitrogens with zero attached hydrogens (tertiary/aromatic N) is 1. The summed E-state index contributed by atoms with van der Waals surface area (Å²) < 4.78 is 0. The Hall–Kier alpha value is -1.10. The van der Waals surface area contributed by atoms with Gasteiger partial charge in [0.2, 0.25) is 5.91 Å². The van der Waals surface area contributed by atoms with Gasteiger partial charge in [-0.25, -0.2) is 5.48 Å². The van der Waals surface area contributed by atoms with Crippen LogP contribution in [0.25, 0.3) is 0 Å². The number of hydroxylamine groups is 1. The predicted molar refractivity (Wildman–Crippen MR) is 54.8 cm³/mol. The van der Waals surface area contributed by atoms with E-state index in [2.05, 4.69) is 5.48 Å². The van der Waals surface area contributed by atoms with Crippen LogP contribution in [-0.2, 0) is 14.4 Å². The van der Waals surface area contributed by atoms with Gasteiger partial charge >= 0.3 is 0 Å². The first-order chi connectivity index (χ1) is 6.88. The van der Waals surface area contributed by atoms with Crippen LogP contribution in [0.1, 0.15) is 33.6 Å². The van der Waals surface area contributed by atoms with E-state index < -0.39 is 5.60 Å². The summed E-state index contributed by atoms with van der Waals surface area (Å²) in [6.07, 6.45) is 1.39. The minimum absolute atomic E-state index is 0.0425. The van der Waals surface area contributed by atoms with Crippen LogP contribution in [0.15, 0.2) is 0 Å². The predicted octanol–water partition coefficient (Wildman–Crippen LogP) is 0.455. The summed E-state index contributed by atoms with van der Waals surface area (Å²) in [5.74, 6) is -0.235. The molecule has 0 bridgehead atoms. The van der Waals surface area contributed by atoms with Gasteiger partial charge in [-0.05, 0) is 27.2 Å². The number of amides is 2. The van der Waals surface area contributed by atoms with Crippen molar-refractivity contribution in [3.05, 3.63) is 0 Å². The van der Waals surface area contributed by atoms with E-state index in [1.54, 1.807) is 4.90 Å². The van der Waals surface area contributed by atoms with Crippen molar-refractivity contribution in [2.24, 2.45) is 0 Å². The largest absolute Gasteiger partial charge is 0.333 e. The maximum Gasteiger partial charge on any atom is 0.263 e. The molecule has 5 heteroatoms. The molecule has 1 saturated heterocycles. The molecule has 86 valence electrons. The zero-order valence-corrected chi connectivity index (χ0v) is 9.50. The van der Waals surface area contributed by atoms with Gasteiger partial charge in [0.15, 0.2) is 0 Å². The molecule has 1 fully saturated rings. The van der Waals surface area contributed by atoms with Gasteiger partial charge in [0.25, 0.3) is 5.91 Å². The Balaban J connectivity index is 2.27. The normalized spacial score (nSPS) is 17.0. The van der Waals surface area contributed by atoms with Gasteiger partial charge in [0.1, 0.15) is 6.54 Å². The third-order valence-electron chi connectivity index (χ3n) is 1.98. The zero-order valence-electron chi connectivity index (χ0n) is 9.50. The molecule has 0 spiro atoms. The van der Waals surface area contributed by atoms with Gasteiger partial charge in [-0.15, -0.1) is 0 Å². The standard InChI is InChI=1S/C10H18N2O3/c1-10(2,3)15-11-8(13)7-12-6-4-5-9(12)14/h4-7H2,1-3H3,(H,11,13). The minimum atomic E-state index is -0.412. The number of hydrogen-bond donors (Lipinski definition) is 1. The first-order valence-electron chi connectivity index (χ1n) is 5.13. The smallest absolute Gasteiger partial charge is 0.263 e. The summed E-state index contributed by atoms with van der Waals surface area (Å²) in [5.41, 5.74) is 1.93. The van der Waals surface area contributed by atoms with Crippen molar-refractivity contribution in [3.8, 4) is 0 Å². The number of carbonyl (C=O) groups is 2. The SMILES string of the molecule is CC(C)(C)ONC(=O)CN1CCCC1=O. The summed E-state index contributed by atoms with van der Waals surface area (Å²) in [5, 5.41) is 0. The summed E-state index contributed by atoms with van der Waals surface area (Å²) in [7, 11) is 0. The summed E-state index contributed by atoms with van der Waals surface area (Å²) >= 11 is 0. The molecule has 1 rings (SSSR count). The van der Waals surface area contributed by atoms with Gasteiger partial charge in [0, 0.05) is 13.0 Å². The van der Waals surface area contributed by atoms with Crippen LogP contribution in [0.2, 0.25) is 0 Å². The van der Waals surface area contributed by atoms with Crippen LogP contribution < -0.4 is 5.48 Å². The van der Waals surface area contributed by atoms with E-state index in [0.29, 0.717) is 13.0 Å². The molecule has 15 heavy (non-hydrogen) atoms. The van der Waals surface area contributed by atoms with Crippen molar-refractivity contribution >= 4 is 11.8 Å². The van der Waals surface area contributed by atoms with E-state index in [1.807, 2.05) is 20.8 Å². The number of carbonyl (C=O) groups excluding carboxylic acids is 2. The van der Waals surface area contributed by atoms with E-state index in [9.17, 15) is 9.59 Å². The fraction of sp³-hybridized carbons (Fsp3) is 0.800. The molecular weight excluding hydrogens is 196 g/mol. The average molecular weight is 214 g/mol. The van der Waals surface area contributed by atoms with Crippen LogP contribution in [0.5, 0.6) is 0 Å². The average Bonchev–Trinajstić information content (AvgIpc) is 2.47. The Morgan fingerprint density at radius 1 is 1.53 bits per heavy atom. The van der Waals surface area contributed by atoms with Gasteiger partial charge in [-0.3, -0.25) is 14.4 Å². The number of rotatable bonds is 3. The van der Waals surface area contributed by atoms with Gasteiger partial charge < -0.3 is 4.90 Å². The Morgan fingerprint density at radius 3 is 2.67 bits per heavy atom. The van der Waals surface area contributed by atoms with E-state index in [0.717, 1.165) is 6.42 Å². The van der Waals surface area contributed by atoms with Crippen LogP contribution in [0, 0.1) is 0 Å². The molecule has 1 heterocycles. The minimum Gasteiger partial charge on any atom is -0.333 e. The highest BCUT2D eigenvalue weighted by atomic mass is 16.7. The summed E-state index contributed by atoms with van der Waals surface area (Å²) in [6, 6.07) is 0. The molecule has 0 aromatic heterocycles. The van der Waals surface area contributed by atoms with E-state index in [-0.39, 0.29) is 18.4 Å². The van der Waals surface area contributed by atoms with Gasteiger partial charge in [-0.1, -0.05) is 0 Å². The molecule has 0 aliphatic carbocycles. The first-order valence-corrected chi connectivity index (χ1v) is 5.13. The lowest BCUT2D eigenvalue weighted by Crippen LogP contribution is -2.41. The molecule has 1 aliphatic heterocycles.